The fourth-order valence-corrected chi connectivity index (χ4v) is 0.572. The highest BCUT2D eigenvalue weighted by Gasteiger charge is 1.90. The molecule has 0 saturated heterocycles. The minimum absolute atomic E-state index is 0.157. The summed E-state index contributed by atoms with van der Waals surface area (Å²) in [7, 11) is 0. The molecule has 1 atom stereocenters. The van der Waals surface area contributed by atoms with Crippen molar-refractivity contribution in [2.24, 2.45) is 11.5 Å². The van der Waals surface area contributed by atoms with Gasteiger partial charge in [-0.05, 0) is 12.6 Å². The predicted molar refractivity (Wildman–Crippen MR) is 36.2 cm³/mol. The summed E-state index contributed by atoms with van der Waals surface area (Å²) < 4.78 is 0. The lowest BCUT2D eigenvalue weighted by Crippen LogP contribution is -2.16. The zero-order valence-electron chi connectivity index (χ0n) is 5.30. The van der Waals surface area contributed by atoms with Crippen LogP contribution in [0.4, 0.5) is 0 Å². The summed E-state index contributed by atoms with van der Waals surface area (Å²) in [4.78, 5) is 0. The highest BCUT2D eigenvalue weighted by molar-refractivity contribution is 4.87. The van der Waals surface area contributed by atoms with Gasteiger partial charge in [-0.3, -0.25) is 0 Å². The summed E-state index contributed by atoms with van der Waals surface area (Å²) in [6, 6.07) is 0.157. The smallest absolute Gasteiger partial charge is 0.0240 e. The van der Waals surface area contributed by atoms with Gasteiger partial charge in [-0.15, -0.1) is 0 Å². The first-order valence-corrected chi connectivity index (χ1v) is 2.95. The van der Waals surface area contributed by atoms with Crippen molar-refractivity contribution >= 4 is 0 Å². The summed E-state index contributed by atoms with van der Waals surface area (Å²) >= 11 is 0. The van der Waals surface area contributed by atoms with E-state index in [-0.39, 0.29) is 6.04 Å². The minimum Gasteiger partial charge on any atom is -0.405 e. The van der Waals surface area contributed by atoms with E-state index in [0.29, 0.717) is 0 Å². The fourth-order valence-electron chi connectivity index (χ4n) is 0.572. The lowest BCUT2D eigenvalue weighted by atomic mass is 10.2. The van der Waals surface area contributed by atoms with E-state index < -0.39 is 0 Å². The predicted octanol–water partition coefficient (Wildman–Crippen LogP) is 0.586. The topological polar surface area (TPSA) is 52.0 Å². The van der Waals surface area contributed by atoms with Gasteiger partial charge >= 0.3 is 0 Å². The van der Waals surface area contributed by atoms with Crippen LogP contribution in [0.1, 0.15) is 19.8 Å². The summed E-state index contributed by atoms with van der Waals surface area (Å²) in [6.45, 7) is 2.10. The van der Waals surface area contributed by atoms with E-state index in [0.717, 1.165) is 12.8 Å². The molecule has 0 radical (unpaired) electrons. The Morgan fingerprint density at radius 2 is 2.25 bits per heavy atom. The normalized spacial score (nSPS) is 14.8. The maximum Gasteiger partial charge on any atom is 0.0240 e. The van der Waals surface area contributed by atoms with Gasteiger partial charge in [-0.2, -0.15) is 0 Å². The van der Waals surface area contributed by atoms with Crippen LogP contribution in [0.2, 0.25) is 0 Å². The Morgan fingerprint density at radius 1 is 1.62 bits per heavy atom. The zero-order chi connectivity index (χ0) is 6.41. The van der Waals surface area contributed by atoms with Gasteiger partial charge in [-0.1, -0.05) is 19.4 Å². The molecule has 48 valence electrons. The third kappa shape index (κ3) is 3.68. The Balaban J connectivity index is 3.17. The van der Waals surface area contributed by atoms with E-state index in [1.807, 2.05) is 6.08 Å². The van der Waals surface area contributed by atoms with Crippen molar-refractivity contribution in [3.63, 3.8) is 0 Å². The molecular formula is C6H14N2. The third-order valence-electron chi connectivity index (χ3n) is 0.980. The second-order valence-electron chi connectivity index (χ2n) is 1.84. The molecule has 0 spiro atoms. The summed E-state index contributed by atoms with van der Waals surface area (Å²) in [5, 5.41) is 0. The van der Waals surface area contributed by atoms with Gasteiger partial charge in [0.05, 0.1) is 0 Å². The van der Waals surface area contributed by atoms with Crippen molar-refractivity contribution in [2.75, 3.05) is 0 Å². The van der Waals surface area contributed by atoms with E-state index in [2.05, 4.69) is 6.92 Å². The Bertz CT molecular complexity index is 68.9. The van der Waals surface area contributed by atoms with Crippen LogP contribution in [0, 0.1) is 0 Å². The minimum atomic E-state index is 0.157. The second-order valence-corrected chi connectivity index (χ2v) is 1.84. The number of hydrogen-bond acceptors (Lipinski definition) is 2. The Hall–Kier alpha value is -0.500. The molecular weight excluding hydrogens is 100 g/mol. The largest absolute Gasteiger partial charge is 0.405 e. The Morgan fingerprint density at radius 3 is 2.62 bits per heavy atom. The molecule has 0 aromatic heterocycles. The first-order chi connectivity index (χ1) is 3.81. The first-order valence-electron chi connectivity index (χ1n) is 2.95. The van der Waals surface area contributed by atoms with Gasteiger partial charge in [0, 0.05) is 6.04 Å². The van der Waals surface area contributed by atoms with Crippen LogP contribution in [0.5, 0.6) is 0 Å². The Kier molecular flexibility index (Phi) is 4.36. The van der Waals surface area contributed by atoms with Crippen LogP contribution in [0.15, 0.2) is 12.3 Å². The second kappa shape index (κ2) is 4.65. The summed E-state index contributed by atoms with van der Waals surface area (Å²) in [6.07, 6.45) is 5.45. The lowest BCUT2D eigenvalue weighted by Gasteiger charge is -2.00. The van der Waals surface area contributed by atoms with Crippen LogP contribution in [0.25, 0.3) is 0 Å². The van der Waals surface area contributed by atoms with Gasteiger partial charge in [0.25, 0.3) is 0 Å². The average Bonchev–Trinajstić information content (AvgIpc) is 1.68. The molecule has 0 aromatic rings. The maximum atomic E-state index is 5.53. The SMILES string of the molecule is CCCC(N)C=CN. The molecule has 0 aromatic carbocycles. The highest BCUT2D eigenvalue weighted by atomic mass is 14.6. The van der Waals surface area contributed by atoms with Gasteiger partial charge in [0.2, 0.25) is 0 Å². The van der Waals surface area contributed by atoms with E-state index in [1.54, 1.807) is 0 Å². The standard InChI is InChI=1S/C6H14N2/c1-2-3-6(8)4-5-7/h4-6H,2-3,7-8H2,1H3. The van der Waals surface area contributed by atoms with Gasteiger partial charge in [0.1, 0.15) is 0 Å². The molecule has 0 aliphatic heterocycles. The number of nitrogens with two attached hydrogens (primary N) is 2. The van der Waals surface area contributed by atoms with Crippen LogP contribution in [0.3, 0.4) is 0 Å². The summed E-state index contributed by atoms with van der Waals surface area (Å²) in [5.41, 5.74) is 10.6. The van der Waals surface area contributed by atoms with E-state index in [4.69, 9.17) is 11.5 Å². The van der Waals surface area contributed by atoms with Crippen molar-refractivity contribution < 1.29 is 0 Å². The molecule has 0 fully saturated rings. The number of hydrogen-bond donors (Lipinski definition) is 2. The van der Waals surface area contributed by atoms with Crippen molar-refractivity contribution in [2.45, 2.75) is 25.8 Å². The van der Waals surface area contributed by atoms with E-state index >= 15 is 0 Å². The molecule has 8 heavy (non-hydrogen) atoms. The molecule has 2 heteroatoms. The van der Waals surface area contributed by atoms with Crippen molar-refractivity contribution in [3.05, 3.63) is 12.3 Å². The number of rotatable bonds is 3. The molecule has 4 N–H and O–H groups in total. The molecule has 0 heterocycles. The van der Waals surface area contributed by atoms with Crippen molar-refractivity contribution in [1.29, 1.82) is 0 Å². The van der Waals surface area contributed by atoms with Crippen LogP contribution in [-0.2, 0) is 0 Å². The first kappa shape index (κ1) is 7.50. The quantitative estimate of drug-likeness (QED) is 0.564. The highest BCUT2D eigenvalue weighted by Crippen LogP contribution is 1.92. The Labute approximate surface area is 50.6 Å². The molecule has 0 bridgehead atoms. The molecule has 0 amide bonds. The third-order valence-corrected chi connectivity index (χ3v) is 0.980. The molecule has 2 nitrogen and oxygen atoms in total. The monoisotopic (exact) mass is 114 g/mol. The van der Waals surface area contributed by atoms with Crippen molar-refractivity contribution in [1.82, 2.24) is 0 Å². The zero-order valence-corrected chi connectivity index (χ0v) is 5.30. The maximum absolute atomic E-state index is 5.53. The van der Waals surface area contributed by atoms with Crippen molar-refractivity contribution in [3.8, 4) is 0 Å². The molecule has 0 rings (SSSR count). The van der Waals surface area contributed by atoms with Gasteiger partial charge in [0.15, 0.2) is 0 Å². The van der Waals surface area contributed by atoms with E-state index in [1.165, 1.54) is 6.20 Å². The van der Waals surface area contributed by atoms with Crippen LogP contribution < -0.4 is 11.5 Å². The lowest BCUT2D eigenvalue weighted by molar-refractivity contribution is 0.703. The average molecular weight is 114 g/mol. The van der Waals surface area contributed by atoms with Crippen LogP contribution in [-0.4, -0.2) is 6.04 Å². The molecule has 0 aliphatic rings. The molecule has 0 saturated carbocycles. The molecule has 0 aliphatic carbocycles. The summed E-state index contributed by atoms with van der Waals surface area (Å²) in [5.74, 6) is 0. The van der Waals surface area contributed by atoms with Gasteiger partial charge in [-0.25, -0.2) is 0 Å². The van der Waals surface area contributed by atoms with E-state index in [9.17, 15) is 0 Å². The van der Waals surface area contributed by atoms with Crippen LogP contribution >= 0.6 is 0 Å². The van der Waals surface area contributed by atoms with Gasteiger partial charge < -0.3 is 11.5 Å². The fraction of sp³-hybridized carbons (Fsp3) is 0.667. The molecule has 1 unspecified atom stereocenters.